The third-order valence-corrected chi connectivity index (χ3v) is 3.68. The fourth-order valence-corrected chi connectivity index (χ4v) is 2.35. The van der Waals surface area contributed by atoms with Gasteiger partial charge in [0.2, 0.25) is 0 Å². The SMILES string of the molecule is CN(Cc1ccccc1F)Cc1cc(N)ccc1Br. The molecule has 100 valence electrons. The zero-order valence-corrected chi connectivity index (χ0v) is 12.3. The number of nitrogen functional groups attached to an aromatic ring is 1. The van der Waals surface area contributed by atoms with Gasteiger partial charge in [-0.05, 0) is 36.9 Å². The summed E-state index contributed by atoms with van der Waals surface area (Å²) in [6.07, 6.45) is 0. The first kappa shape index (κ1) is 14.0. The Bertz CT molecular complexity index is 572. The molecular weight excluding hydrogens is 307 g/mol. The van der Waals surface area contributed by atoms with Crippen LogP contribution in [0.3, 0.4) is 0 Å². The molecule has 2 N–H and O–H groups in total. The zero-order valence-electron chi connectivity index (χ0n) is 10.7. The average molecular weight is 323 g/mol. The van der Waals surface area contributed by atoms with E-state index in [4.69, 9.17) is 5.73 Å². The van der Waals surface area contributed by atoms with Gasteiger partial charge in [0.05, 0.1) is 0 Å². The third-order valence-electron chi connectivity index (χ3n) is 2.91. The summed E-state index contributed by atoms with van der Waals surface area (Å²) in [4.78, 5) is 2.05. The lowest BCUT2D eigenvalue weighted by molar-refractivity contribution is 0.313. The number of nitrogens with zero attached hydrogens (tertiary/aromatic N) is 1. The largest absolute Gasteiger partial charge is 0.399 e. The number of anilines is 1. The highest BCUT2D eigenvalue weighted by atomic mass is 79.9. The van der Waals surface area contributed by atoms with Crippen molar-refractivity contribution in [3.63, 3.8) is 0 Å². The highest BCUT2D eigenvalue weighted by molar-refractivity contribution is 9.10. The van der Waals surface area contributed by atoms with Gasteiger partial charge in [-0.15, -0.1) is 0 Å². The number of hydrogen-bond donors (Lipinski definition) is 1. The molecule has 0 saturated heterocycles. The van der Waals surface area contributed by atoms with Crippen molar-refractivity contribution in [2.75, 3.05) is 12.8 Å². The summed E-state index contributed by atoms with van der Waals surface area (Å²) in [5, 5.41) is 0. The second kappa shape index (κ2) is 6.17. The van der Waals surface area contributed by atoms with E-state index in [1.807, 2.05) is 31.3 Å². The van der Waals surface area contributed by atoms with Crippen LogP contribution >= 0.6 is 15.9 Å². The fourth-order valence-electron chi connectivity index (χ4n) is 1.98. The smallest absolute Gasteiger partial charge is 0.127 e. The van der Waals surface area contributed by atoms with E-state index in [9.17, 15) is 4.39 Å². The Kier molecular flexibility index (Phi) is 4.56. The molecule has 0 amide bonds. The molecule has 0 bridgehead atoms. The Morgan fingerprint density at radius 2 is 1.79 bits per heavy atom. The zero-order chi connectivity index (χ0) is 13.8. The Morgan fingerprint density at radius 1 is 1.11 bits per heavy atom. The molecule has 0 atom stereocenters. The molecule has 2 nitrogen and oxygen atoms in total. The first-order chi connectivity index (χ1) is 9.06. The van der Waals surface area contributed by atoms with Crippen LogP contribution < -0.4 is 5.73 Å². The van der Waals surface area contributed by atoms with E-state index in [0.717, 1.165) is 15.7 Å². The van der Waals surface area contributed by atoms with Crippen molar-refractivity contribution < 1.29 is 4.39 Å². The maximum absolute atomic E-state index is 13.6. The van der Waals surface area contributed by atoms with Crippen molar-refractivity contribution >= 4 is 21.6 Å². The Morgan fingerprint density at radius 3 is 2.53 bits per heavy atom. The van der Waals surface area contributed by atoms with Gasteiger partial charge < -0.3 is 5.73 Å². The van der Waals surface area contributed by atoms with E-state index in [-0.39, 0.29) is 5.82 Å². The first-order valence-corrected chi connectivity index (χ1v) is 6.81. The monoisotopic (exact) mass is 322 g/mol. The van der Waals surface area contributed by atoms with Crippen LogP contribution in [0.25, 0.3) is 0 Å². The lowest BCUT2D eigenvalue weighted by atomic mass is 10.1. The lowest BCUT2D eigenvalue weighted by Gasteiger charge is -2.18. The normalized spacial score (nSPS) is 10.9. The van der Waals surface area contributed by atoms with Crippen LogP contribution in [0.15, 0.2) is 46.9 Å². The van der Waals surface area contributed by atoms with Gasteiger partial charge in [0.25, 0.3) is 0 Å². The highest BCUT2D eigenvalue weighted by Gasteiger charge is 2.08. The maximum atomic E-state index is 13.6. The summed E-state index contributed by atoms with van der Waals surface area (Å²) in [6.45, 7) is 1.27. The van der Waals surface area contributed by atoms with E-state index >= 15 is 0 Å². The predicted octanol–water partition coefficient (Wildman–Crippen LogP) is 3.80. The minimum atomic E-state index is -0.166. The maximum Gasteiger partial charge on any atom is 0.127 e. The second-order valence-corrected chi connectivity index (χ2v) is 5.47. The lowest BCUT2D eigenvalue weighted by Crippen LogP contribution is -2.18. The van der Waals surface area contributed by atoms with Crippen LogP contribution in [0, 0.1) is 5.82 Å². The molecule has 2 rings (SSSR count). The van der Waals surface area contributed by atoms with Gasteiger partial charge in [-0.2, -0.15) is 0 Å². The first-order valence-electron chi connectivity index (χ1n) is 6.02. The van der Waals surface area contributed by atoms with Gasteiger partial charge in [-0.3, -0.25) is 4.90 Å². The van der Waals surface area contributed by atoms with Crippen molar-refractivity contribution in [1.82, 2.24) is 4.90 Å². The Hall–Kier alpha value is -1.39. The fraction of sp³-hybridized carbons (Fsp3) is 0.200. The van der Waals surface area contributed by atoms with Gasteiger partial charge in [0.15, 0.2) is 0 Å². The molecule has 19 heavy (non-hydrogen) atoms. The number of hydrogen-bond acceptors (Lipinski definition) is 2. The molecular formula is C15H16BrFN2. The summed E-state index contributed by atoms with van der Waals surface area (Å²) < 4.78 is 14.6. The van der Waals surface area contributed by atoms with E-state index in [1.54, 1.807) is 12.1 Å². The molecule has 0 radical (unpaired) electrons. The molecule has 0 heterocycles. The van der Waals surface area contributed by atoms with Crippen molar-refractivity contribution in [2.45, 2.75) is 13.1 Å². The molecule has 0 spiro atoms. The molecule has 0 unspecified atom stereocenters. The van der Waals surface area contributed by atoms with E-state index in [0.29, 0.717) is 18.7 Å². The van der Waals surface area contributed by atoms with Crippen LogP contribution in [0.5, 0.6) is 0 Å². The standard InChI is InChI=1S/C15H16BrFN2/c1-19(9-11-4-2-3-5-15(11)17)10-12-8-13(18)6-7-14(12)16/h2-8H,9-10,18H2,1H3. The van der Waals surface area contributed by atoms with Crippen molar-refractivity contribution in [2.24, 2.45) is 0 Å². The third kappa shape index (κ3) is 3.78. The Labute approximate surface area is 121 Å². The van der Waals surface area contributed by atoms with Crippen LogP contribution in [0.1, 0.15) is 11.1 Å². The van der Waals surface area contributed by atoms with E-state index in [2.05, 4.69) is 20.8 Å². The summed E-state index contributed by atoms with van der Waals surface area (Å²) in [6, 6.07) is 12.6. The van der Waals surface area contributed by atoms with Crippen molar-refractivity contribution in [1.29, 1.82) is 0 Å². The second-order valence-electron chi connectivity index (χ2n) is 4.61. The molecule has 2 aromatic rings. The number of nitrogens with two attached hydrogens (primary N) is 1. The highest BCUT2D eigenvalue weighted by Crippen LogP contribution is 2.21. The van der Waals surface area contributed by atoms with Gasteiger partial charge in [-0.1, -0.05) is 34.1 Å². The molecule has 0 saturated carbocycles. The summed E-state index contributed by atoms with van der Waals surface area (Å²) in [5.41, 5.74) is 8.31. The van der Waals surface area contributed by atoms with Gasteiger partial charge in [0.1, 0.15) is 5.82 Å². The molecule has 0 aliphatic heterocycles. The topological polar surface area (TPSA) is 29.3 Å². The van der Waals surface area contributed by atoms with Gasteiger partial charge in [0, 0.05) is 28.8 Å². The number of benzene rings is 2. The summed E-state index contributed by atoms with van der Waals surface area (Å²) in [5.74, 6) is -0.166. The molecule has 0 aliphatic carbocycles. The minimum absolute atomic E-state index is 0.166. The predicted molar refractivity (Wildman–Crippen MR) is 80.1 cm³/mol. The van der Waals surface area contributed by atoms with E-state index < -0.39 is 0 Å². The number of halogens is 2. The molecule has 0 fully saturated rings. The van der Waals surface area contributed by atoms with Crippen LogP contribution in [0.2, 0.25) is 0 Å². The summed E-state index contributed by atoms with van der Waals surface area (Å²) in [7, 11) is 1.96. The number of rotatable bonds is 4. The molecule has 0 aromatic heterocycles. The summed E-state index contributed by atoms with van der Waals surface area (Å²) >= 11 is 3.50. The van der Waals surface area contributed by atoms with Gasteiger partial charge in [-0.25, -0.2) is 4.39 Å². The van der Waals surface area contributed by atoms with Crippen molar-refractivity contribution in [3.8, 4) is 0 Å². The minimum Gasteiger partial charge on any atom is -0.399 e. The average Bonchev–Trinajstić information content (AvgIpc) is 2.37. The molecule has 4 heteroatoms. The molecule has 0 aliphatic rings. The molecule has 2 aromatic carbocycles. The quantitative estimate of drug-likeness (QED) is 0.867. The van der Waals surface area contributed by atoms with Crippen LogP contribution in [0.4, 0.5) is 10.1 Å². The van der Waals surface area contributed by atoms with Gasteiger partial charge >= 0.3 is 0 Å². The van der Waals surface area contributed by atoms with E-state index in [1.165, 1.54) is 6.07 Å². The Balaban J connectivity index is 2.07. The van der Waals surface area contributed by atoms with Crippen LogP contribution in [-0.2, 0) is 13.1 Å². The van der Waals surface area contributed by atoms with Crippen LogP contribution in [-0.4, -0.2) is 11.9 Å². The van der Waals surface area contributed by atoms with Crippen molar-refractivity contribution in [3.05, 3.63) is 63.9 Å².